The number of aldehydes is 1. The summed E-state index contributed by atoms with van der Waals surface area (Å²) in [4.78, 5) is 43.3. The molecule has 4 rings (SSSR count). The molecule has 0 amide bonds. The second kappa shape index (κ2) is 7.00. The molecule has 0 atom stereocenters. The molecule has 0 radical (unpaired) electrons. The van der Waals surface area contributed by atoms with E-state index in [1.807, 2.05) is 42.7 Å². The standard InChI is InChI=1S/C20H21N5O3S/c1-11(2)25-18-16(17(27)23(4)20(25)28)12(10-26)15(29-18)9-24-14-8-6-5-7-13(14)22-19(24)21-3/h5-8,10-11H,9H2,1-4H3,(H,21,22). The molecule has 150 valence electrons. The van der Waals surface area contributed by atoms with Gasteiger partial charge >= 0.3 is 5.69 Å². The van der Waals surface area contributed by atoms with E-state index in [0.717, 1.165) is 15.6 Å². The molecule has 3 heterocycles. The number of anilines is 1. The number of aromatic nitrogens is 4. The molecule has 9 heteroatoms. The van der Waals surface area contributed by atoms with E-state index in [4.69, 9.17) is 0 Å². The number of carbonyl (C=O) groups is 1. The topological polar surface area (TPSA) is 90.9 Å². The molecule has 4 aromatic rings. The third-order valence-corrected chi connectivity index (χ3v) is 6.24. The molecule has 0 fully saturated rings. The fourth-order valence-electron chi connectivity index (χ4n) is 3.62. The van der Waals surface area contributed by atoms with E-state index in [0.29, 0.717) is 39.4 Å². The number of imidazole rings is 1. The number of hydrogen-bond acceptors (Lipinski definition) is 6. The maximum absolute atomic E-state index is 12.8. The van der Waals surface area contributed by atoms with Gasteiger partial charge in [-0.2, -0.15) is 0 Å². The highest BCUT2D eigenvalue weighted by Gasteiger charge is 2.23. The normalized spacial score (nSPS) is 11.6. The van der Waals surface area contributed by atoms with Crippen LogP contribution in [-0.2, 0) is 13.6 Å². The van der Waals surface area contributed by atoms with Crippen LogP contribution in [0.25, 0.3) is 21.3 Å². The van der Waals surface area contributed by atoms with Crippen molar-refractivity contribution in [3.8, 4) is 0 Å². The first kappa shape index (κ1) is 19.1. The lowest BCUT2D eigenvalue weighted by atomic mass is 10.2. The van der Waals surface area contributed by atoms with Gasteiger partial charge in [0, 0.05) is 30.6 Å². The van der Waals surface area contributed by atoms with E-state index in [1.165, 1.54) is 18.4 Å². The SMILES string of the molecule is CNc1nc2ccccc2n1Cc1sc2c(c1C=O)c(=O)n(C)c(=O)n2C(C)C. The lowest BCUT2D eigenvalue weighted by Gasteiger charge is -2.12. The highest BCUT2D eigenvalue weighted by atomic mass is 32.1. The zero-order valence-electron chi connectivity index (χ0n) is 16.6. The Morgan fingerprint density at radius 3 is 2.62 bits per heavy atom. The molecular formula is C20H21N5O3S. The number of para-hydroxylation sites is 2. The Kier molecular flexibility index (Phi) is 4.62. The molecule has 0 aliphatic rings. The molecule has 0 bridgehead atoms. The van der Waals surface area contributed by atoms with Gasteiger partial charge in [-0.3, -0.25) is 18.7 Å². The summed E-state index contributed by atoms with van der Waals surface area (Å²) in [5.41, 5.74) is 1.25. The molecule has 0 spiro atoms. The van der Waals surface area contributed by atoms with E-state index in [1.54, 1.807) is 11.6 Å². The Hall–Kier alpha value is -3.20. The van der Waals surface area contributed by atoms with Gasteiger partial charge in [0.15, 0.2) is 6.29 Å². The summed E-state index contributed by atoms with van der Waals surface area (Å²) in [6, 6.07) is 7.58. The van der Waals surface area contributed by atoms with Crippen molar-refractivity contribution in [1.82, 2.24) is 18.7 Å². The van der Waals surface area contributed by atoms with Crippen molar-refractivity contribution in [2.75, 3.05) is 12.4 Å². The number of rotatable bonds is 5. The van der Waals surface area contributed by atoms with Crippen molar-refractivity contribution >= 4 is 44.8 Å². The molecule has 3 aromatic heterocycles. The summed E-state index contributed by atoms with van der Waals surface area (Å²) < 4.78 is 4.61. The lowest BCUT2D eigenvalue weighted by molar-refractivity contribution is 0.112. The van der Waals surface area contributed by atoms with Crippen LogP contribution in [0.15, 0.2) is 33.9 Å². The molecular weight excluding hydrogens is 390 g/mol. The van der Waals surface area contributed by atoms with Crippen LogP contribution in [0.5, 0.6) is 0 Å². The summed E-state index contributed by atoms with van der Waals surface area (Å²) >= 11 is 1.31. The van der Waals surface area contributed by atoms with Gasteiger partial charge in [-0.15, -0.1) is 11.3 Å². The van der Waals surface area contributed by atoms with Gasteiger partial charge in [0.25, 0.3) is 5.56 Å². The van der Waals surface area contributed by atoms with Crippen LogP contribution >= 0.6 is 11.3 Å². The number of thiophene rings is 1. The van der Waals surface area contributed by atoms with Crippen LogP contribution in [0.2, 0.25) is 0 Å². The summed E-state index contributed by atoms with van der Waals surface area (Å²) in [6.07, 6.45) is 0.711. The average Bonchev–Trinajstić information content (AvgIpc) is 3.24. The zero-order valence-corrected chi connectivity index (χ0v) is 17.4. The van der Waals surface area contributed by atoms with Crippen LogP contribution in [0.1, 0.15) is 35.1 Å². The van der Waals surface area contributed by atoms with Gasteiger partial charge in [-0.25, -0.2) is 9.78 Å². The third kappa shape index (κ3) is 2.80. The van der Waals surface area contributed by atoms with Crippen molar-refractivity contribution in [1.29, 1.82) is 0 Å². The minimum atomic E-state index is -0.448. The van der Waals surface area contributed by atoms with Crippen molar-refractivity contribution in [2.24, 2.45) is 7.05 Å². The molecule has 0 saturated carbocycles. The van der Waals surface area contributed by atoms with Crippen molar-refractivity contribution in [3.63, 3.8) is 0 Å². The summed E-state index contributed by atoms with van der Waals surface area (Å²) in [5.74, 6) is 0.662. The molecule has 0 aliphatic heterocycles. The van der Waals surface area contributed by atoms with Gasteiger partial charge in [-0.1, -0.05) is 12.1 Å². The molecule has 0 unspecified atom stereocenters. The Morgan fingerprint density at radius 1 is 1.24 bits per heavy atom. The van der Waals surface area contributed by atoms with Gasteiger partial charge in [-0.05, 0) is 26.0 Å². The van der Waals surface area contributed by atoms with Crippen molar-refractivity contribution < 1.29 is 4.79 Å². The molecule has 1 aromatic carbocycles. The highest BCUT2D eigenvalue weighted by Crippen LogP contribution is 2.31. The minimum absolute atomic E-state index is 0.148. The van der Waals surface area contributed by atoms with Gasteiger partial charge in [0.2, 0.25) is 5.95 Å². The summed E-state index contributed by atoms with van der Waals surface area (Å²) in [6.45, 7) is 4.13. The number of benzene rings is 1. The highest BCUT2D eigenvalue weighted by molar-refractivity contribution is 7.19. The van der Waals surface area contributed by atoms with Crippen LogP contribution in [0.4, 0.5) is 5.95 Å². The van der Waals surface area contributed by atoms with E-state index >= 15 is 0 Å². The van der Waals surface area contributed by atoms with Crippen molar-refractivity contribution in [3.05, 3.63) is 55.5 Å². The maximum Gasteiger partial charge on any atom is 0.332 e. The number of hydrogen-bond donors (Lipinski definition) is 1. The van der Waals surface area contributed by atoms with E-state index in [-0.39, 0.29) is 11.7 Å². The van der Waals surface area contributed by atoms with E-state index < -0.39 is 5.56 Å². The Morgan fingerprint density at radius 2 is 1.97 bits per heavy atom. The fraction of sp³-hybridized carbons (Fsp3) is 0.300. The molecule has 0 aliphatic carbocycles. The second-order valence-electron chi connectivity index (χ2n) is 7.11. The first-order valence-electron chi connectivity index (χ1n) is 9.24. The predicted octanol–water partition coefficient (Wildman–Crippen LogP) is 2.59. The largest absolute Gasteiger partial charge is 0.359 e. The average molecular weight is 411 g/mol. The number of nitrogens with one attached hydrogen (secondary N) is 1. The summed E-state index contributed by atoms with van der Waals surface area (Å²) in [7, 11) is 3.23. The smallest absolute Gasteiger partial charge is 0.332 e. The first-order valence-corrected chi connectivity index (χ1v) is 10.1. The van der Waals surface area contributed by atoms with Gasteiger partial charge in [0.05, 0.1) is 23.0 Å². The van der Waals surface area contributed by atoms with Crippen molar-refractivity contribution in [2.45, 2.75) is 26.4 Å². The van der Waals surface area contributed by atoms with Gasteiger partial charge in [0.1, 0.15) is 4.83 Å². The number of fused-ring (bicyclic) bond motifs is 2. The zero-order chi connectivity index (χ0) is 20.9. The molecule has 0 saturated heterocycles. The Labute approximate surface area is 170 Å². The van der Waals surface area contributed by atoms with Crippen LogP contribution in [-0.4, -0.2) is 32.0 Å². The fourth-order valence-corrected chi connectivity index (χ4v) is 5.00. The predicted molar refractivity (Wildman–Crippen MR) is 115 cm³/mol. The van der Waals surface area contributed by atoms with E-state index in [9.17, 15) is 14.4 Å². The van der Waals surface area contributed by atoms with Crippen LogP contribution in [0, 0.1) is 0 Å². The van der Waals surface area contributed by atoms with Crippen LogP contribution in [0.3, 0.4) is 0 Å². The van der Waals surface area contributed by atoms with Gasteiger partial charge < -0.3 is 9.88 Å². The quantitative estimate of drug-likeness (QED) is 0.510. The third-order valence-electron chi connectivity index (χ3n) is 5.05. The minimum Gasteiger partial charge on any atom is -0.359 e. The maximum atomic E-state index is 12.8. The lowest BCUT2D eigenvalue weighted by Crippen LogP contribution is -2.38. The Balaban J connectivity index is 2.03. The summed E-state index contributed by atoms with van der Waals surface area (Å²) in [5, 5.41) is 3.38. The first-order chi connectivity index (χ1) is 13.9. The number of carbonyl (C=O) groups excluding carboxylic acids is 1. The second-order valence-corrected chi connectivity index (χ2v) is 8.19. The molecule has 8 nitrogen and oxygen atoms in total. The molecule has 1 N–H and O–H groups in total. The van der Waals surface area contributed by atoms with Crippen LogP contribution < -0.4 is 16.6 Å². The van der Waals surface area contributed by atoms with E-state index in [2.05, 4.69) is 10.3 Å². The number of nitrogens with zero attached hydrogens (tertiary/aromatic N) is 4. The molecule has 29 heavy (non-hydrogen) atoms. The Bertz CT molecular complexity index is 1370. The monoisotopic (exact) mass is 411 g/mol.